The lowest BCUT2D eigenvalue weighted by atomic mass is 9.80. The number of aliphatic hydroxyl groups is 1. The first-order valence-electron chi connectivity index (χ1n) is 13.3. The van der Waals surface area contributed by atoms with E-state index in [1.807, 2.05) is 20.8 Å². The van der Waals surface area contributed by atoms with Gasteiger partial charge in [0, 0.05) is 24.7 Å². The molecule has 6 nitrogen and oxygen atoms in total. The van der Waals surface area contributed by atoms with Crippen LogP contribution in [-0.4, -0.2) is 47.6 Å². The fourth-order valence-electron chi connectivity index (χ4n) is 5.09. The molecule has 35 heavy (non-hydrogen) atoms. The fourth-order valence-corrected chi connectivity index (χ4v) is 5.09. The SMILES string of the molecule is C=CC[C@@]1(C(=O)OC(C)(C)C)OC(O)(C(=C)C(CCCCCCCCC)C2OCCO2)C[C@H]1C=C. The van der Waals surface area contributed by atoms with Gasteiger partial charge >= 0.3 is 5.97 Å². The number of rotatable bonds is 15. The maximum Gasteiger partial charge on any atom is 0.340 e. The van der Waals surface area contributed by atoms with E-state index in [9.17, 15) is 9.90 Å². The molecule has 2 saturated heterocycles. The molecule has 2 heterocycles. The second-order valence-electron chi connectivity index (χ2n) is 11.0. The zero-order chi connectivity index (χ0) is 26.1. The molecule has 0 aromatic carbocycles. The molecule has 2 aliphatic rings. The van der Waals surface area contributed by atoms with Gasteiger partial charge in [-0.05, 0) is 32.8 Å². The van der Waals surface area contributed by atoms with Crippen molar-refractivity contribution in [1.29, 1.82) is 0 Å². The predicted octanol–water partition coefficient (Wildman–Crippen LogP) is 6.24. The summed E-state index contributed by atoms with van der Waals surface area (Å²) in [6.45, 7) is 20.7. The average molecular weight is 493 g/mol. The van der Waals surface area contributed by atoms with E-state index < -0.39 is 35.2 Å². The van der Waals surface area contributed by atoms with Crippen LogP contribution >= 0.6 is 0 Å². The summed E-state index contributed by atoms with van der Waals surface area (Å²) in [5.41, 5.74) is -1.64. The van der Waals surface area contributed by atoms with Crippen molar-refractivity contribution in [3.05, 3.63) is 37.5 Å². The number of hydrogen-bond donors (Lipinski definition) is 1. The first kappa shape index (κ1) is 29.8. The molecule has 6 heteroatoms. The fraction of sp³-hybridized carbons (Fsp3) is 0.759. The standard InChI is InChI=1S/C29H48O6/c1-8-11-12-13-14-15-16-17-24(25-32-19-20-33-25)22(4)29(31)21-23(10-3)28(35-29,18-9-2)26(30)34-27(5,6)7/h9-10,23-25,31H,2-4,8,11-21H2,1,5-7H3/t23-,24?,28-,29?/m1/s1. The number of carbonyl (C=O) groups is 1. The molecule has 0 bridgehead atoms. The maximum atomic E-state index is 13.4. The van der Waals surface area contributed by atoms with Crippen LogP contribution in [0.3, 0.4) is 0 Å². The quantitative estimate of drug-likeness (QED) is 0.166. The summed E-state index contributed by atoms with van der Waals surface area (Å²) in [5, 5.41) is 11.8. The summed E-state index contributed by atoms with van der Waals surface area (Å²) < 4.78 is 23.7. The molecule has 200 valence electrons. The predicted molar refractivity (Wildman–Crippen MR) is 139 cm³/mol. The van der Waals surface area contributed by atoms with Gasteiger partial charge in [-0.1, -0.05) is 70.6 Å². The van der Waals surface area contributed by atoms with Gasteiger partial charge in [-0.25, -0.2) is 4.79 Å². The molecule has 2 rings (SSSR count). The Labute approximate surface area is 212 Å². The summed E-state index contributed by atoms with van der Waals surface area (Å²) in [7, 11) is 0. The smallest absolute Gasteiger partial charge is 0.340 e. The minimum Gasteiger partial charge on any atom is -0.458 e. The van der Waals surface area contributed by atoms with Crippen LogP contribution in [0, 0.1) is 11.8 Å². The third kappa shape index (κ3) is 7.75. The Hall–Kier alpha value is -1.47. The largest absolute Gasteiger partial charge is 0.458 e. The van der Waals surface area contributed by atoms with Crippen molar-refractivity contribution < 1.29 is 28.8 Å². The van der Waals surface area contributed by atoms with Crippen molar-refractivity contribution in [3.63, 3.8) is 0 Å². The molecule has 0 amide bonds. The summed E-state index contributed by atoms with van der Waals surface area (Å²) in [6.07, 6.45) is 12.2. The van der Waals surface area contributed by atoms with Gasteiger partial charge in [0.05, 0.1) is 13.2 Å². The van der Waals surface area contributed by atoms with Crippen molar-refractivity contribution in [2.75, 3.05) is 13.2 Å². The molecule has 0 spiro atoms. The lowest BCUT2D eigenvalue weighted by molar-refractivity contribution is -0.228. The van der Waals surface area contributed by atoms with Crippen molar-refractivity contribution in [1.82, 2.24) is 0 Å². The third-order valence-electron chi connectivity index (χ3n) is 6.97. The number of hydrogen-bond acceptors (Lipinski definition) is 6. The van der Waals surface area contributed by atoms with Gasteiger partial charge in [0.1, 0.15) is 5.60 Å². The van der Waals surface area contributed by atoms with Crippen molar-refractivity contribution in [2.45, 2.75) is 115 Å². The maximum absolute atomic E-state index is 13.4. The van der Waals surface area contributed by atoms with Crippen LogP contribution in [0.4, 0.5) is 0 Å². The molecule has 2 unspecified atom stereocenters. The Bertz CT molecular complexity index is 719. The highest BCUT2D eigenvalue weighted by molar-refractivity contribution is 5.82. The van der Waals surface area contributed by atoms with Gasteiger partial charge in [0.2, 0.25) is 0 Å². The van der Waals surface area contributed by atoms with E-state index in [4.69, 9.17) is 18.9 Å². The van der Waals surface area contributed by atoms with Crippen LogP contribution in [0.25, 0.3) is 0 Å². The normalized spacial score (nSPS) is 28.1. The highest BCUT2D eigenvalue weighted by Gasteiger charge is 2.61. The summed E-state index contributed by atoms with van der Waals surface area (Å²) in [5.74, 6) is -2.99. The second kappa shape index (κ2) is 13.2. The molecule has 0 aromatic rings. The lowest BCUT2D eigenvalue weighted by Crippen LogP contribution is -2.49. The first-order valence-corrected chi connectivity index (χ1v) is 13.3. The molecule has 1 N–H and O–H groups in total. The molecular weight excluding hydrogens is 444 g/mol. The first-order chi connectivity index (χ1) is 16.5. The molecular formula is C29H48O6. The topological polar surface area (TPSA) is 74.2 Å². The molecule has 0 saturated carbocycles. The van der Waals surface area contributed by atoms with Crippen LogP contribution in [0.5, 0.6) is 0 Å². The van der Waals surface area contributed by atoms with Crippen LogP contribution in [-0.2, 0) is 23.7 Å². The molecule has 0 radical (unpaired) electrons. The van der Waals surface area contributed by atoms with Crippen LogP contribution in [0.15, 0.2) is 37.5 Å². The van der Waals surface area contributed by atoms with E-state index in [1.165, 1.54) is 32.1 Å². The Balaban J connectivity index is 2.20. The van der Waals surface area contributed by atoms with Gasteiger partial charge in [-0.15, -0.1) is 13.2 Å². The van der Waals surface area contributed by atoms with E-state index in [1.54, 1.807) is 12.2 Å². The van der Waals surface area contributed by atoms with E-state index in [2.05, 4.69) is 26.7 Å². The van der Waals surface area contributed by atoms with Gasteiger partial charge in [-0.3, -0.25) is 0 Å². The highest BCUT2D eigenvalue weighted by atomic mass is 16.7. The summed E-state index contributed by atoms with van der Waals surface area (Å²) in [6, 6.07) is 0. The van der Waals surface area contributed by atoms with Gasteiger partial charge in [0.15, 0.2) is 17.7 Å². The molecule has 4 atom stereocenters. The molecule has 2 fully saturated rings. The number of unbranched alkanes of at least 4 members (excludes halogenated alkanes) is 6. The summed E-state index contributed by atoms with van der Waals surface area (Å²) in [4.78, 5) is 13.4. The minimum absolute atomic E-state index is 0.155. The third-order valence-corrected chi connectivity index (χ3v) is 6.97. The minimum atomic E-state index is -1.74. The Kier molecular flexibility index (Phi) is 11.2. The Morgan fingerprint density at radius 2 is 1.71 bits per heavy atom. The van der Waals surface area contributed by atoms with E-state index >= 15 is 0 Å². The molecule has 0 aromatic heterocycles. The Morgan fingerprint density at radius 1 is 1.11 bits per heavy atom. The van der Waals surface area contributed by atoms with E-state index in [0.29, 0.717) is 18.8 Å². The van der Waals surface area contributed by atoms with E-state index in [-0.39, 0.29) is 18.8 Å². The van der Waals surface area contributed by atoms with E-state index in [0.717, 1.165) is 19.3 Å². The number of carbonyl (C=O) groups excluding carboxylic acids is 1. The van der Waals surface area contributed by atoms with Crippen LogP contribution in [0.1, 0.15) is 91.9 Å². The zero-order valence-electron chi connectivity index (χ0n) is 22.5. The Morgan fingerprint density at radius 3 is 2.26 bits per heavy atom. The van der Waals surface area contributed by atoms with Crippen molar-refractivity contribution in [2.24, 2.45) is 11.8 Å². The summed E-state index contributed by atoms with van der Waals surface area (Å²) >= 11 is 0. The zero-order valence-corrected chi connectivity index (χ0v) is 22.5. The van der Waals surface area contributed by atoms with Crippen molar-refractivity contribution >= 4 is 5.97 Å². The highest BCUT2D eigenvalue weighted by Crippen LogP contribution is 2.50. The number of ether oxygens (including phenoxy) is 4. The monoisotopic (exact) mass is 492 g/mol. The molecule has 2 aliphatic heterocycles. The molecule has 0 aliphatic carbocycles. The lowest BCUT2D eigenvalue weighted by Gasteiger charge is -2.37. The second-order valence-corrected chi connectivity index (χ2v) is 11.0. The van der Waals surface area contributed by atoms with Gasteiger partial charge in [-0.2, -0.15) is 0 Å². The van der Waals surface area contributed by atoms with Gasteiger partial charge in [0.25, 0.3) is 0 Å². The van der Waals surface area contributed by atoms with Crippen molar-refractivity contribution in [3.8, 4) is 0 Å². The van der Waals surface area contributed by atoms with Crippen LogP contribution in [0.2, 0.25) is 0 Å². The number of esters is 1. The van der Waals surface area contributed by atoms with Gasteiger partial charge < -0.3 is 24.1 Å². The van der Waals surface area contributed by atoms with Crippen LogP contribution < -0.4 is 0 Å². The average Bonchev–Trinajstić information content (AvgIpc) is 3.42.